The maximum absolute atomic E-state index is 12.2. The van der Waals surface area contributed by atoms with Gasteiger partial charge < -0.3 is 4.90 Å². The molecular weight excluding hydrogens is 268 g/mol. The molecule has 0 unspecified atom stereocenters. The Labute approximate surface area is 116 Å². The van der Waals surface area contributed by atoms with Gasteiger partial charge in [-0.1, -0.05) is 17.7 Å². The van der Waals surface area contributed by atoms with E-state index in [4.69, 9.17) is 11.6 Å². The number of carbonyl (C=O) groups excluding carboxylic acids is 1. The summed E-state index contributed by atoms with van der Waals surface area (Å²) in [6.07, 6.45) is 3.31. The molecule has 0 heterocycles. The molecule has 1 aromatic rings. The summed E-state index contributed by atoms with van der Waals surface area (Å²) in [6.45, 7) is 4.11. The van der Waals surface area contributed by atoms with Gasteiger partial charge in [-0.3, -0.25) is 14.9 Å². The number of allylic oxidation sites excluding steroid dienone is 1. The molecular formula is C13H15ClN2O3. The van der Waals surface area contributed by atoms with E-state index in [9.17, 15) is 14.9 Å². The van der Waals surface area contributed by atoms with Gasteiger partial charge in [-0.25, -0.2) is 0 Å². The minimum Gasteiger partial charge on any atom is -0.341 e. The van der Waals surface area contributed by atoms with Crippen LogP contribution in [0.25, 0.3) is 0 Å². The van der Waals surface area contributed by atoms with Crippen molar-refractivity contribution < 1.29 is 9.72 Å². The summed E-state index contributed by atoms with van der Waals surface area (Å²) < 4.78 is 0. The minimum atomic E-state index is -0.582. The molecule has 6 heteroatoms. The lowest BCUT2D eigenvalue weighted by Gasteiger charge is -2.16. The van der Waals surface area contributed by atoms with Crippen molar-refractivity contribution in [3.05, 3.63) is 51.6 Å². The Morgan fingerprint density at radius 2 is 2.26 bits per heavy atom. The van der Waals surface area contributed by atoms with Crippen molar-refractivity contribution in [3.63, 3.8) is 0 Å². The summed E-state index contributed by atoms with van der Waals surface area (Å²) >= 11 is 5.79. The maximum atomic E-state index is 12.2. The molecule has 0 aliphatic carbocycles. The van der Waals surface area contributed by atoms with Crippen LogP contribution in [0, 0.1) is 10.1 Å². The highest BCUT2D eigenvalue weighted by Gasteiger charge is 2.22. The summed E-state index contributed by atoms with van der Waals surface area (Å²) in [5.74, 6) is -0.404. The predicted octanol–water partition coefficient (Wildman–Crippen LogP) is 3.29. The molecule has 1 rings (SSSR count). The number of benzene rings is 1. The molecule has 0 saturated heterocycles. The Kier molecular flexibility index (Phi) is 5.51. The molecule has 0 bridgehead atoms. The van der Waals surface area contributed by atoms with E-state index in [0.717, 1.165) is 12.8 Å². The van der Waals surface area contributed by atoms with E-state index in [2.05, 4.69) is 6.58 Å². The first-order valence-electron chi connectivity index (χ1n) is 5.77. The van der Waals surface area contributed by atoms with E-state index in [-0.39, 0.29) is 11.3 Å². The van der Waals surface area contributed by atoms with E-state index in [1.165, 1.54) is 23.1 Å². The molecule has 0 saturated carbocycles. The van der Waals surface area contributed by atoms with E-state index in [1.54, 1.807) is 13.1 Å². The van der Waals surface area contributed by atoms with Gasteiger partial charge in [-0.15, -0.1) is 6.58 Å². The quantitative estimate of drug-likeness (QED) is 0.348. The van der Waals surface area contributed by atoms with E-state index < -0.39 is 10.8 Å². The van der Waals surface area contributed by atoms with Crippen molar-refractivity contribution in [2.24, 2.45) is 0 Å². The lowest BCUT2D eigenvalue weighted by Crippen LogP contribution is -2.28. The fourth-order valence-electron chi connectivity index (χ4n) is 1.62. The van der Waals surface area contributed by atoms with E-state index in [1.807, 2.05) is 0 Å². The second kappa shape index (κ2) is 6.89. The van der Waals surface area contributed by atoms with Gasteiger partial charge in [0.05, 0.1) is 4.92 Å². The van der Waals surface area contributed by atoms with Gasteiger partial charge in [-0.2, -0.15) is 0 Å². The van der Waals surface area contributed by atoms with Gasteiger partial charge >= 0.3 is 0 Å². The van der Waals surface area contributed by atoms with Gasteiger partial charge in [0.15, 0.2) is 0 Å². The van der Waals surface area contributed by atoms with Crippen molar-refractivity contribution >= 4 is 23.2 Å². The average molecular weight is 283 g/mol. The van der Waals surface area contributed by atoms with Crippen molar-refractivity contribution in [1.29, 1.82) is 0 Å². The van der Waals surface area contributed by atoms with Crippen LogP contribution in [0.1, 0.15) is 23.2 Å². The lowest BCUT2D eigenvalue weighted by molar-refractivity contribution is -0.385. The van der Waals surface area contributed by atoms with Gasteiger partial charge in [0, 0.05) is 24.7 Å². The standard InChI is InChI=1S/C13H15ClN2O3/c1-3-4-5-8-15(2)13(17)11-9-10(14)6-7-12(11)16(18)19/h3,6-7,9H,1,4-5,8H2,2H3. The zero-order valence-corrected chi connectivity index (χ0v) is 11.4. The van der Waals surface area contributed by atoms with Gasteiger partial charge in [0.1, 0.15) is 5.56 Å². The number of hydrogen-bond acceptors (Lipinski definition) is 3. The van der Waals surface area contributed by atoms with Crippen LogP contribution in [0.3, 0.4) is 0 Å². The second-order valence-corrected chi connectivity index (χ2v) is 4.51. The molecule has 102 valence electrons. The first kappa shape index (κ1) is 15.2. The highest BCUT2D eigenvalue weighted by Crippen LogP contribution is 2.23. The number of rotatable bonds is 6. The highest BCUT2D eigenvalue weighted by molar-refractivity contribution is 6.31. The van der Waals surface area contributed by atoms with Crippen LogP contribution in [0.2, 0.25) is 5.02 Å². The molecule has 0 aliphatic heterocycles. The van der Waals surface area contributed by atoms with Crippen LogP contribution in [-0.2, 0) is 0 Å². The molecule has 0 radical (unpaired) electrons. The first-order valence-corrected chi connectivity index (χ1v) is 6.15. The van der Waals surface area contributed by atoms with E-state index in [0.29, 0.717) is 11.6 Å². The Balaban J connectivity index is 2.94. The lowest BCUT2D eigenvalue weighted by atomic mass is 10.1. The number of nitrogens with zero attached hydrogens (tertiary/aromatic N) is 2. The van der Waals surface area contributed by atoms with Crippen LogP contribution in [0.4, 0.5) is 5.69 Å². The van der Waals surface area contributed by atoms with Gasteiger partial charge in [0.2, 0.25) is 0 Å². The summed E-state index contributed by atoms with van der Waals surface area (Å²) in [5.41, 5.74) is -0.219. The molecule has 1 amide bonds. The number of nitro groups is 1. The first-order chi connectivity index (χ1) is 8.97. The van der Waals surface area contributed by atoms with Crippen LogP contribution in [-0.4, -0.2) is 29.3 Å². The number of amides is 1. The topological polar surface area (TPSA) is 63.5 Å². The Morgan fingerprint density at radius 3 is 2.84 bits per heavy atom. The molecule has 0 spiro atoms. The summed E-state index contributed by atoms with van der Waals surface area (Å²) in [4.78, 5) is 23.9. The summed E-state index contributed by atoms with van der Waals surface area (Å²) in [6, 6.07) is 3.97. The molecule has 19 heavy (non-hydrogen) atoms. The molecule has 0 fully saturated rings. The van der Waals surface area contributed by atoms with Gasteiger partial charge in [-0.05, 0) is 25.0 Å². The number of halogens is 1. The molecule has 1 aromatic carbocycles. The van der Waals surface area contributed by atoms with Crippen molar-refractivity contribution in [1.82, 2.24) is 4.90 Å². The number of nitro benzene ring substituents is 1. The molecule has 5 nitrogen and oxygen atoms in total. The fourth-order valence-corrected chi connectivity index (χ4v) is 1.79. The molecule has 0 aromatic heterocycles. The molecule has 0 atom stereocenters. The summed E-state index contributed by atoms with van der Waals surface area (Å²) in [5, 5.41) is 11.2. The SMILES string of the molecule is C=CCCCN(C)C(=O)c1cc(Cl)ccc1[N+](=O)[O-]. The third kappa shape index (κ3) is 4.06. The Hall–Kier alpha value is -1.88. The molecule has 0 aliphatic rings. The largest absolute Gasteiger partial charge is 0.341 e. The Morgan fingerprint density at radius 1 is 1.58 bits per heavy atom. The van der Waals surface area contributed by atoms with Gasteiger partial charge in [0.25, 0.3) is 11.6 Å². The number of unbranched alkanes of at least 4 members (excludes halogenated alkanes) is 1. The second-order valence-electron chi connectivity index (χ2n) is 4.08. The smallest absolute Gasteiger partial charge is 0.282 e. The van der Waals surface area contributed by atoms with Crippen LogP contribution in [0.15, 0.2) is 30.9 Å². The molecule has 0 N–H and O–H groups in total. The summed E-state index contributed by atoms with van der Waals surface area (Å²) in [7, 11) is 1.61. The maximum Gasteiger partial charge on any atom is 0.282 e. The Bertz CT molecular complexity index is 503. The predicted molar refractivity (Wildman–Crippen MR) is 74.5 cm³/mol. The average Bonchev–Trinajstić information content (AvgIpc) is 2.37. The third-order valence-electron chi connectivity index (χ3n) is 2.63. The van der Waals surface area contributed by atoms with Crippen LogP contribution >= 0.6 is 11.6 Å². The fraction of sp³-hybridized carbons (Fsp3) is 0.308. The number of hydrogen-bond donors (Lipinski definition) is 0. The van der Waals surface area contributed by atoms with Crippen LogP contribution < -0.4 is 0 Å². The monoisotopic (exact) mass is 282 g/mol. The zero-order chi connectivity index (χ0) is 14.4. The van der Waals surface area contributed by atoms with E-state index >= 15 is 0 Å². The number of carbonyl (C=O) groups is 1. The minimum absolute atomic E-state index is 0.0126. The highest BCUT2D eigenvalue weighted by atomic mass is 35.5. The van der Waals surface area contributed by atoms with Crippen molar-refractivity contribution in [2.45, 2.75) is 12.8 Å². The van der Waals surface area contributed by atoms with Crippen molar-refractivity contribution in [3.8, 4) is 0 Å². The van der Waals surface area contributed by atoms with Crippen molar-refractivity contribution in [2.75, 3.05) is 13.6 Å². The normalized spacial score (nSPS) is 10.0. The third-order valence-corrected chi connectivity index (χ3v) is 2.87. The van der Waals surface area contributed by atoms with Crippen LogP contribution in [0.5, 0.6) is 0 Å². The zero-order valence-electron chi connectivity index (χ0n) is 10.6.